The van der Waals surface area contributed by atoms with Crippen molar-refractivity contribution in [2.75, 3.05) is 0 Å². The van der Waals surface area contributed by atoms with Gasteiger partial charge in [-0.05, 0) is 55.4 Å². The monoisotopic (exact) mass is 412 g/mol. The summed E-state index contributed by atoms with van der Waals surface area (Å²) >= 11 is 7.23. The summed E-state index contributed by atoms with van der Waals surface area (Å²) < 4.78 is 5.74. The van der Waals surface area contributed by atoms with Gasteiger partial charge in [0, 0.05) is 11.6 Å². The lowest BCUT2D eigenvalue weighted by molar-refractivity contribution is -0.123. The fourth-order valence-electron chi connectivity index (χ4n) is 2.71. The van der Waals surface area contributed by atoms with Crippen LogP contribution in [-0.2, 0) is 11.4 Å². The molecule has 1 aliphatic rings. The smallest absolute Gasteiger partial charge is 0.293 e. The van der Waals surface area contributed by atoms with Gasteiger partial charge in [-0.1, -0.05) is 35.9 Å². The third-order valence-corrected chi connectivity index (χ3v) is 5.29. The van der Waals surface area contributed by atoms with Gasteiger partial charge in [-0.25, -0.2) is 0 Å². The Hall–Kier alpha value is -2.75. The third-order valence-electron chi connectivity index (χ3n) is 4.11. The first-order valence-corrected chi connectivity index (χ1v) is 9.77. The third kappa shape index (κ3) is 4.22. The average Bonchev–Trinajstić information content (AvgIpc) is 2.94. The number of halogens is 1. The summed E-state index contributed by atoms with van der Waals surface area (Å²) in [6.45, 7) is 3.82. The number of carbonyl (C=O) groups excluding carboxylic acids is 2. The highest BCUT2D eigenvalue weighted by Gasteiger charge is 2.36. The molecule has 7 heteroatoms. The molecular weight excluding hydrogens is 396 g/mol. The van der Waals surface area contributed by atoms with Gasteiger partial charge in [0.25, 0.3) is 11.1 Å². The van der Waals surface area contributed by atoms with Gasteiger partial charge in [0.2, 0.25) is 0 Å². The van der Waals surface area contributed by atoms with E-state index in [-0.39, 0.29) is 23.8 Å². The van der Waals surface area contributed by atoms with Crippen molar-refractivity contribution in [3.05, 3.63) is 69.1 Å². The zero-order valence-corrected chi connectivity index (χ0v) is 16.9. The minimum Gasteiger partial charge on any atom is -0.487 e. The molecule has 0 saturated carbocycles. The van der Waals surface area contributed by atoms with E-state index >= 15 is 0 Å². The predicted molar refractivity (Wildman–Crippen MR) is 110 cm³/mol. The summed E-state index contributed by atoms with van der Waals surface area (Å²) in [5.41, 5.74) is 2.02. The number of imide groups is 1. The number of carbonyl (C=O) groups is 2. The van der Waals surface area contributed by atoms with Gasteiger partial charge in [-0.15, -0.1) is 0 Å². The van der Waals surface area contributed by atoms with Crippen LogP contribution in [0.25, 0.3) is 6.08 Å². The topological polar surface area (TPSA) is 70.4 Å². The van der Waals surface area contributed by atoms with Crippen LogP contribution >= 0.6 is 23.4 Å². The fraction of sp³-hybridized carbons (Fsp3) is 0.190. The number of hydrogen-bond donors (Lipinski definition) is 0. The van der Waals surface area contributed by atoms with Crippen molar-refractivity contribution in [2.45, 2.75) is 26.5 Å². The van der Waals surface area contributed by atoms with Gasteiger partial charge >= 0.3 is 0 Å². The van der Waals surface area contributed by atoms with Gasteiger partial charge < -0.3 is 4.74 Å². The van der Waals surface area contributed by atoms with Crippen LogP contribution in [0.5, 0.6) is 5.75 Å². The maximum Gasteiger partial charge on any atom is 0.293 e. The molecular formula is C21H17ClN2O3S. The van der Waals surface area contributed by atoms with Crippen molar-refractivity contribution < 1.29 is 14.3 Å². The van der Waals surface area contributed by atoms with Gasteiger partial charge in [0.05, 0.1) is 21.6 Å². The number of nitriles is 1. The van der Waals surface area contributed by atoms with Crippen molar-refractivity contribution in [2.24, 2.45) is 0 Å². The first-order chi connectivity index (χ1) is 13.4. The highest BCUT2D eigenvalue weighted by molar-refractivity contribution is 8.18. The molecule has 1 fully saturated rings. The van der Waals surface area contributed by atoms with E-state index in [9.17, 15) is 9.59 Å². The quantitative estimate of drug-likeness (QED) is 0.628. The van der Waals surface area contributed by atoms with Gasteiger partial charge in [0.1, 0.15) is 12.4 Å². The Bertz CT molecular complexity index is 1010. The summed E-state index contributed by atoms with van der Waals surface area (Å²) in [6.07, 6.45) is 1.65. The Morgan fingerprint density at radius 2 is 2.00 bits per heavy atom. The Labute approximate surface area is 172 Å². The number of nitrogens with zero attached hydrogens (tertiary/aromatic N) is 2. The molecule has 0 aliphatic carbocycles. The number of thioether (sulfide) groups is 1. The van der Waals surface area contributed by atoms with Gasteiger partial charge in [-0.3, -0.25) is 14.5 Å². The Morgan fingerprint density at radius 1 is 1.25 bits per heavy atom. The van der Waals surface area contributed by atoms with Crippen LogP contribution in [0.3, 0.4) is 0 Å². The van der Waals surface area contributed by atoms with Gasteiger partial charge in [-0.2, -0.15) is 5.26 Å². The number of amides is 2. The van der Waals surface area contributed by atoms with E-state index in [1.54, 1.807) is 50.3 Å². The normalized spacial score (nSPS) is 15.4. The molecule has 0 unspecified atom stereocenters. The molecule has 1 aliphatic heterocycles. The zero-order chi connectivity index (χ0) is 20.3. The van der Waals surface area contributed by atoms with E-state index in [2.05, 4.69) is 6.07 Å². The molecule has 2 aromatic carbocycles. The van der Waals surface area contributed by atoms with Crippen molar-refractivity contribution in [1.29, 1.82) is 5.26 Å². The van der Waals surface area contributed by atoms with Crippen LogP contribution < -0.4 is 4.74 Å². The van der Waals surface area contributed by atoms with Crippen molar-refractivity contribution in [1.82, 2.24) is 4.90 Å². The van der Waals surface area contributed by atoms with E-state index < -0.39 is 0 Å². The summed E-state index contributed by atoms with van der Waals surface area (Å²) in [4.78, 5) is 25.9. The fourth-order valence-corrected chi connectivity index (χ4v) is 3.92. The highest BCUT2D eigenvalue weighted by atomic mass is 35.5. The van der Waals surface area contributed by atoms with E-state index in [1.165, 1.54) is 4.90 Å². The average molecular weight is 413 g/mol. The maximum atomic E-state index is 12.4. The molecule has 1 heterocycles. The van der Waals surface area contributed by atoms with E-state index in [4.69, 9.17) is 21.6 Å². The second-order valence-corrected chi connectivity index (χ2v) is 7.79. The number of hydrogen-bond acceptors (Lipinski definition) is 5. The molecule has 0 aromatic heterocycles. The summed E-state index contributed by atoms with van der Waals surface area (Å²) in [7, 11) is 0. The first kappa shape index (κ1) is 20.0. The van der Waals surface area contributed by atoms with Crippen LogP contribution in [0.4, 0.5) is 4.79 Å². The van der Waals surface area contributed by atoms with E-state index in [0.29, 0.717) is 26.8 Å². The van der Waals surface area contributed by atoms with Crippen molar-refractivity contribution in [3.8, 4) is 11.8 Å². The molecule has 28 heavy (non-hydrogen) atoms. The molecule has 2 aromatic rings. The molecule has 0 spiro atoms. The van der Waals surface area contributed by atoms with Crippen molar-refractivity contribution in [3.63, 3.8) is 0 Å². The van der Waals surface area contributed by atoms with Gasteiger partial charge in [0.15, 0.2) is 0 Å². The summed E-state index contributed by atoms with van der Waals surface area (Å²) in [6, 6.07) is 14.3. The van der Waals surface area contributed by atoms with Crippen LogP contribution in [0, 0.1) is 11.3 Å². The van der Waals surface area contributed by atoms with Crippen LogP contribution in [-0.4, -0.2) is 22.1 Å². The standard InChI is InChI=1S/C21H17ClN2O3S/c1-13(2)24-20(25)19(28-21(24)26)10-14-7-8-18(17(22)9-14)27-12-16-6-4-3-5-15(16)11-23/h3-10,13H,12H2,1-2H3. The molecule has 3 rings (SSSR count). The largest absolute Gasteiger partial charge is 0.487 e. The Balaban J connectivity index is 1.75. The van der Waals surface area contributed by atoms with Crippen LogP contribution in [0.2, 0.25) is 5.02 Å². The van der Waals surface area contributed by atoms with E-state index in [0.717, 1.165) is 17.3 Å². The number of ether oxygens (including phenoxy) is 1. The molecule has 2 amide bonds. The van der Waals surface area contributed by atoms with Crippen molar-refractivity contribution >= 4 is 40.6 Å². The highest BCUT2D eigenvalue weighted by Crippen LogP contribution is 2.35. The Kier molecular flexibility index (Phi) is 6.08. The summed E-state index contributed by atoms with van der Waals surface area (Å²) in [5, 5.41) is 9.25. The molecule has 0 atom stereocenters. The van der Waals surface area contributed by atoms with Crippen LogP contribution in [0.15, 0.2) is 47.4 Å². The molecule has 1 saturated heterocycles. The molecule has 0 N–H and O–H groups in total. The first-order valence-electron chi connectivity index (χ1n) is 8.58. The van der Waals surface area contributed by atoms with Crippen LogP contribution in [0.1, 0.15) is 30.5 Å². The zero-order valence-electron chi connectivity index (χ0n) is 15.3. The number of benzene rings is 2. The number of rotatable bonds is 5. The van der Waals surface area contributed by atoms with E-state index in [1.807, 2.05) is 12.1 Å². The Morgan fingerprint density at radius 3 is 2.64 bits per heavy atom. The minimum absolute atomic E-state index is 0.186. The molecule has 142 valence electrons. The minimum atomic E-state index is -0.297. The lowest BCUT2D eigenvalue weighted by Crippen LogP contribution is -2.34. The lowest BCUT2D eigenvalue weighted by Gasteiger charge is -2.16. The SMILES string of the molecule is CC(C)N1C(=O)SC(=Cc2ccc(OCc3ccccc3C#N)c(Cl)c2)C1=O. The molecule has 0 bridgehead atoms. The molecule has 0 radical (unpaired) electrons. The molecule has 5 nitrogen and oxygen atoms in total. The maximum absolute atomic E-state index is 12.4. The lowest BCUT2D eigenvalue weighted by atomic mass is 10.1. The second kappa shape index (κ2) is 8.51. The second-order valence-electron chi connectivity index (χ2n) is 6.39. The summed E-state index contributed by atoms with van der Waals surface area (Å²) in [5.74, 6) is 0.177. The predicted octanol–water partition coefficient (Wildman–Crippen LogP) is 5.24.